The predicted octanol–water partition coefficient (Wildman–Crippen LogP) is 5.80. The summed E-state index contributed by atoms with van der Waals surface area (Å²) in [4.78, 5) is 35.5. The minimum Gasteiger partial charge on any atom is -0.469 e. The van der Waals surface area contributed by atoms with Crippen LogP contribution in [-0.4, -0.2) is 42.9 Å². The van der Waals surface area contributed by atoms with Crippen LogP contribution in [0.15, 0.2) is 0 Å². The van der Waals surface area contributed by atoms with Gasteiger partial charge < -0.3 is 14.2 Å². The van der Waals surface area contributed by atoms with E-state index in [1.54, 1.807) is 0 Å². The lowest BCUT2D eigenvalue weighted by atomic mass is 9.43. The highest BCUT2D eigenvalue weighted by molar-refractivity contribution is 5.69. The van der Waals surface area contributed by atoms with Crippen LogP contribution in [0.1, 0.15) is 98.8 Å². The van der Waals surface area contributed by atoms with E-state index in [4.69, 9.17) is 14.2 Å². The van der Waals surface area contributed by atoms with Gasteiger partial charge in [-0.05, 0) is 86.9 Å². The summed E-state index contributed by atoms with van der Waals surface area (Å²) in [7, 11) is 1.38. The second-order valence-electron chi connectivity index (χ2n) is 12.8. The van der Waals surface area contributed by atoms with Gasteiger partial charge in [0, 0.05) is 31.6 Å². The Bertz CT molecular complexity index is 876. The average molecular weight is 509 g/mol. The fourth-order valence-corrected chi connectivity index (χ4v) is 9.41. The van der Waals surface area contributed by atoms with Gasteiger partial charge in [0.25, 0.3) is 0 Å². The van der Waals surface area contributed by atoms with Crippen molar-refractivity contribution in [1.29, 1.82) is 0 Å². The minimum atomic E-state index is -1.32. The van der Waals surface area contributed by atoms with E-state index in [0.717, 1.165) is 44.9 Å². The molecule has 4 fully saturated rings. The van der Waals surface area contributed by atoms with Crippen molar-refractivity contribution in [2.45, 2.75) is 117 Å². The molecule has 0 heterocycles. The first-order valence-electron chi connectivity index (χ1n) is 14.0. The van der Waals surface area contributed by atoms with Gasteiger partial charge in [-0.25, -0.2) is 4.39 Å². The lowest BCUT2D eigenvalue weighted by molar-refractivity contribution is -0.202. The van der Waals surface area contributed by atoms with Gasteiger partial charge in [0.2, 0.25) is 0 Å². The second-order valence-corrected chi connectivity index (χ2v) is 12.8. The number of alkyl halides is 1. The molecular weight excluding hydrogens is 463 g/mol. The molecule has 0 amide bonds. The van der Waals surface area contributed by atoms with Crippen LogP contribution in [-0.2, 0) is 28.6 Å². The second kappa shape index (κ2) is 9.90. The Labute approximate surface area is 215 Å². The topological polar surface area (TPSA) is 78.9 Å². The highest BCUT2D eigenvalue weighted by atomic mass is 19.1. The maximum Gasteiger partial charge on any atom is 0.305 e. The van der Waals surface area contributed by atoms with Crippen molar-refractivity contribution in [2.24, 2.45) is 40.4 Å². The molecule has 0 saturated heterocycles. The first kappa shape index (κ1) is 27.4. The lowest BCUT2D eigenvalue weighted by Crippen LogP contribution is -2.60. The van der Waals surface area contributed by atoms with Gasteiger partial charge in [-0.15, -0.1) is 0 Å². The molecule has 0 aliphatic heterocycles. The molecule has 36 heavy (non-hydrogen) atoms. The lowest BCUT2D eigenvalue weighted by Gasteiger charge is -2.63. The van der Waals surface area contributed by atoms with Gasteiger partial charge in [-0.2, -0.15) is 0 Å². The summed E-state index contributed by atoms with van der Waals surface area (Å²) in [6, 6.07) is 0. The van der Waals surface area contributed by atoms with Gasteiger partial charge in [-0.3, -0.25) is 14.4 Å². The van der Waals surface area contributed by atoms with E-state index in [0.29, 0.717) is 24.7 Å². The number of rotatable bonds is 6. The van der Waals surface area contributed by atoms with Crippen LogP contribution in [0.2, 0.25) is 0 Å². The van der Waals surface area contributed by atoms with Crippen molar-refractivity contribution < 1.29 is 33.0 Å². The molecule has 6 nitrogen and oxygen atoms in total. The number of halogens is 1. The van der Waals surface area contributed by atoms with E-state index in [-0.39, 0.29) is 59.7 Å². The molecule has 0 radical (unpaired) electrons. The van der Waals surface area contributed by atoms with Crippen molar-refractivity contribution in [2.75, 3.05) is 7.11 Å². The quantitative estimate of drug-likeness (QED) is 0.333. The van der Waals surface area contributed by atoms with E-state index in [9.17, 15) is 14.4 Å². The summed E-state index contributed by atoms with van der Waals surface area (Å²) in [5.74, 6) is 0.0538. The van der Waals surface area contributed by atoms with Gasteiger partial charge in [-0.1, -0.05) is 20.8 Å². The Morgan fingerprint density at radius 1 is 0.917 bits per heavy atom. The Kier molecular flexibility index (Phi) is 7.53. The average Bonchev–Trinajstić information content (AvgIpc) is 3.09. The fourth-order valence-electron chi connectivity index (χ4n) is 9.41. The number of fused-ring (bicyclic) bond motifs is 5. The Balaban J connectivity index is 1.60. The third-order valence-corrected chi connectivity index (χ3v) is 11.2. The molecule has 0 unspecified atom stereocenters. The van der Waals surface area contributed by atoms with E-state index >= 15 is 4.39 Å². The molecular formula is C29H45FO6. The predicted molar refractivity (Wildman–Crippen MR) is 132 cm³/mol. The summed E-state index contributed by atoms with van der Waals surface area (Å²) >= 11 is 0. The third kappa shape index (κ3) is 4.47. The summed E-state index contributed by atoms with van der Waals surface area (Å²) in [6.45, 7) is 9.35. The summed E-state index contributed by atoms with van der Waals surface area (Å²) in [6.07, 6.45) is 6.74. The van der Waals surface area contributed by atoms with Gasteiger partial charge in [0.1, 0.15) is 17.9 Å². The number of carbonyl (C=O) groups excluding carboxylic acids is 3. The summed E-state index contributed by atoms with van der Waals surface area (Å²) in [5, 5.41) is 0. The van der Waals surface area contributed by atoms with Gasteiger partial charge in [0.05, 0.1) is 7.11 Å². The Morgan fingerprint density at radius 3 is 2.22 bits per heavy atom. The largest absolute Gasteiger partial charge is 0.469 e. The molecule has 4 rings (SSSR count). The van der Waals surface area contributed by atoms with Crippen LogP contribution in [0, 0.1) is 40.4 Å². The van der Waals surface area contributed by atoms with E-state index < -0.39 is 11.1 Å². The highest BCUT2D eigenvalue weighted by Crippen LogP contribution is 2.70. The third-order valence-electron chi connectivity index (χ3n) is 11.2. The van der Waals surface area contributed by atoms with Crippen LogP contribution >= 0.6 is 0 Å². The number of hydrogen-bond acceptors (Lipinski definition) is 6. The first-order chi connectivity index (χ1) is 16.9. The van der Waals surface area contributed by atoms with E-state index in [2.05, 4.69) is 13.8 Å². The maximum absolute atomic E-state index is 17.0. The van der Waals surface area contributed by atoms with Crippen LogP contribution in [0.3, 0.4) is 0 Å². The number of carbonyl (C=O) groups is 3. The van der Waals surface area contributed by atoms with Gasteiger partial charge >= 0.3 is 17.9 Å². The van der Waals surface area contributed by atoms with E-state index in [1.807, 2.05) is 6.92 Å². The summed E-state index contributed by atoms with van der Waals surface area (Å²) in [5.41, 5.74) is -1.81. The smallest absolute Gasteiger partial charge is 0.305 e. The maximum atomic E-state index is 17.0. The van der Waals surface area contributed by atoms with Crippen molar-refractivity contribution in [3.8, 4) is 0 Å². The first-order valence-corrected chi connectivity index (χ1v) is 14.0. The molecule has 0 N–H and O–H groups in total. The molecule has 0 aromatic rings. The Hall–Kier alpha value is -1.66. The molecule has 4 aliphatic rings. The van der Waals surface area contributed by atoms with Crippen LogP contribution in [0.4, 0.5) is 4.39 Å². The molecule has 4 aliphatic carbocycles. The van der Waals surface area contributed by atoms with Crippen LogP contribution in [0.25, 0.3) is 0 Å². The summed E-state index contributed by atoms with van der Waals surface area (Å²) < 4.78 is 33.3. The number of esters is 3. The molecule has 4 saturated carbocycles. The standard InChI is InChI=1S/C29H45FO6/c1-17(7-8-26(33)34-6)29(30)14-11-23-21-16-25(36-19(3)32)24-15-20(35-18(2)31)9-12-27(24,4)22(21)10-13-28(23,29)5/h17,20-25H,7-16H2,1-6H3/t17-,20-,21-,22+,23+,24+,25+,27-,28+,29+/m1/s1. The zero-order valence-corrected chi connectivity index (χ0v) is 22.9. The molecule has 0 aromatic heterocycles. The molecule has 10 atom stereocenters. The van der Waals surface area contributed by atoms with Crippen molar-refractivity contribution in [3.05, 3.63) is 0 Å². The van der Waals surface area contributed by atoms with Crippen molar-refractivity contribution in [1.82, 2.24) is 0 Å². The zero-order valence-electron chi connectivity index (χ0n) is 22.9. The zero-order chi connectivity index (χ0) is 26.5. The van der Waals surface area contributed by atoms with Crippen LogP contribution < -0.4 is 0 Å². The SMILES string of the molecule is COC(=O)CC[C@@H](C)[C@@]1(F)CC[C@H]2[C@@H]3C[C@H](OC(C)=O)[C@@H]4C[C@H](OC(C)=O)CC[C@]4(C)[C@H]3CC[C@@]21C. The normalized spacial score (nSPS) is 44.4. The number of ether oxygens (including phenoxy) is 3. The minimum absolute atomic E-state index is 0.0287. The highest BCUT2D eigenvalue weighted by Gasteiger charge is 2.68. The van der Waals surface area contributed by atoms with Crippen molar-refractivity contribution in [3.63, 3.8) is 0 Å². The Morgan fingerprint density at radius 2 is 1.58 bits per heavy atom. The molecule has 0 spiro atoms. The molecule has 0 bridgehead atoms. The monoisotopic (exact) mass is 508 g/mol. The van der Waals surface area contributed by atoms with E-state index in [1.165, 1.54) is 21.0 Å². The van der Waals surface area contributed by atoms with Crippen LogP contribution in [0.5, 0.6) is 0 Å². The molecule has 7 heteroatoms. The van der Waals surface area contributed by atoms with Crippen molar-refractivity contribution >= 4 is 17.9 Å². The number of hydrogen-bond donors (Lipinski definition) is 0. The fraction of sp³-hybridized carbons (Fsp3) is 0.897. The van der Waals surface area contributed by atoms with Gasteiger partial charge in [0.15, 0.2) is 0 Å². The molecule has 0 aromatic carbocycles. The number of methoxy groups -OCH3 is 1. The molecule has 204 valence electrons.